The minimum Gasteiger partial charge on any atom is -0.496 e. The number of methoxy groups -OCH3 is 1. The molecule has 0 aromatic heterocycles. The van der Waals surface area contributed by atoms with Crippen LogP contribution in [0, 0.1) is 0 Å². The Morgan fingerprint density at radius 3 is 2.38 bits per heavy atom. The summed E-state index contributed by atoms with van der Waals surface area (Å²) >= 11 is 13.0. The van der Waals surface area contributed by atoms with Gasteiger partial charge < -0.3 is 14.8 Å². The Morgan fingerprint density at radius 2 is 1.71 bits per heavy atom. The second-order valence-corrected chi connectivity index (χ2v) is 6.45. The first-order valence-electron chi connectivity index (χ1n) is 6.19. The van der Waals surface area contributed by atoms with Gasteiger partial charge in [0.15, 0.2) is 0 Å². The number of hydrogen-bond donors (Lipinski definition) is 1. The van der Waals surface area contributed by atoms with Crippen LogP contribution in [0.25, 0.3) is 0 Å². The number of benzene rings is 2. The van der Waals surface area contributed by atoms with Crippen LogP contribution in [0.4, 0.5) is 0 Å². The van der Waals surface area contributed by atoms with Crippen molar-refractivity contribution < 1.29 is 9.47 Å². The summed E-state index contributed by atoms with van der Waals surface area (Å²) in [5, 5.41) is 3.74. The fourth-order valence-electron chi connectivity index (χ4n) is 1.82. The van der Waals surface area contributed by atoms with E-state index in [0.29, 0.717) is 17.3 Å². The van der Waals surface area contributed by atoms with Gasteiger partial charge >= 0.3 is 0 Å². The van der Waals surface area contributed by atoms with E-state index in [0.717, 1.165) is 26.0 Å². The van der Waals surface area contributed by atoms with Gasteiger partial charge in [0.25, 0.3) is 0 Å². The summed E-state index contributed by atoms with van der Waals surface area (Å²) in [6, 6.07) is 9.30. The standard InChI is InChI=1S/C15H14Br2ClNO2/c1-19-8-9-3-4-10(18)5-13(9)21-15-7-11(16)14(20-2)6-12(15)17/h3-7,19H,8H2,1-2H3. The van der Waals surface area contributed by atoms with Crippen molar-refractivity contribution in [3.05, 3.63) is 49.9 Å². The van der Waals surface area contributed by atoms with Gasteiger partial charge in [-0.25, -0.2) is 0 Å². The van der Waals surface area contributed by atoms with E-state index in [1.807, 2.05) is 31.3 Å². The molecule has 0 atom stereocenters. The first-order chi connectivity index (χ1) is 10.0. The predicted octanol–water partition coefficient (Wildman–Crippen LogP) is 5.39. The molecule has 0 aliphatic heterocycles. The molecular weight excluding hydrogens is 421 g/mol. The molecule has 112 valence electrons. The number of nitrogens with one attached hydrogen (secondary N) is 1. The Hall–Kier alpha value is -0.750. The van der Waals surface area contributed by atoms with Gasteiger partial charge in [0.2, 0.25) is 0 Å². The molecule has 0 bridgehead atoms. The van der Waals surface area contributed by atoms with Crippen LogP contribution < -0.4 is 14.8 Å². The highest BCUT2D eigenvalue weighted by Crippen LogP contribution is 2.39. The fraction of sp³-hybridized carbons (Fsp3) is 0.200. The van der Waals surface area contributed by atoms with Crippen molar-refractivity contribution in [1.29, 1.82) is 0 Å². The van der Waals surface area contributed by atoms with E-state index in [4.69, 9.17) is 21.1 Å². The highest BCUT2D eigenvalue weighted by Gasteiger charge is 2.12. The highest BCUT2D eigenvalue weighted by molar-refractivity contribution is 9.11. The van der Waals surface area contributed by atoms with Crippen LogP contribution >= 0.6 is 43.5 Å². The van der Waals surface area contributed by atoms with Crippen molar-refractivity contribution in [2.24, 2.45) is 0 Å². The Morgan fingerprint density at radius 1 is 1.05 bits per heavy atom. The minimum absolute atomic E-state index is 0.633. The van der Waals surface area contributed by atoms with E-state index >= 15 is 0 Å². The molecule has 1 N–H and O–H groups in total. The van der Waals surface area contributed by atoms with E-state index in [-0.39, 0.29) is 0 Å². The Bertz CT molecular complexity index is 650. The summed E-state index contributed by atoms with van der Waals surface area (Å²) in [4.78, 5) is 0. The summed E-state index contributed by atoms with van der Waals surface area (Å²) in [5.41, 5.74) is 1.03. The summed E-state index contributed by atoms with van der Waals surface area (Å²) in [6.45, 7) is 0.696. The summed E-state index contributed by atoms with van der Waals surface area (Å²) in [7, 11) is 3.51. The molecule has 2 rings (SSSR count). The van der Waals surface area contributed by atoms with Crippen molar-refractivity contribution >= 4 is 43.5 Å². The molecule has 3 nitrogen and oxygen atoms in total. The van der Waals surface area contributed by atoms with Crippen LogP contribution in [-0.4, -0.2) is 14.2 Å². The van der Waals surface area contributed by atoms with E-state index in [2.05, 4.69) is 37.2 Å². The van der Waals surface area contributed by atoms with Crippen LogP contribution in [0.15, 0.2) is 39.3 Å². The SMILES string of the molecule is CNCc1ccc(Cl)cc1Oc1cc(Br)c(OC)cc1Br. The zero-order valence-corrected chi connectivity index (χ0v) is 15.5. The van der Waals surface area contributed by atoms with Crippen molar-refractivity contribution in [1.82, 2.24) is 5.32 Å². The quantitative estimate of drug-likeness (QED) is 0.684. The molecule has 0 aliphatic rings. The van der Waals surface area contributed by atoms with E-state index in [9.17, 15) is 0 Å². The van der Waals surface area contributed by atoms with Gasteiger partial charge in [0.05, 0.1) is 16.1 Å². The lowest BCUT2D eigenvalue weighted by atomic mass is 10.2. The zero-order chi connectivity index (χ0) is 15.4. The number of hydrogen-bond acceptors (Lipinski definition) is 3. The molecule has 0 saturated carbocycles. The molecule has 6 heteroatoms. The first-order valence-corrected chi connectivity index (χ1v) is 8.15. The van der Waals surface area contributed by atoms with Crippen molar-refractivity contribution in [3.63, 3.8) is 0 Å². The van der Waals surface area contributed by atoms with Crippen LogP contribution in [0.3, 0.4) is 0 Å². The number of ether oxygens (including phenoxy) is 2. The molecule has 2 aromatic carbocycles. The fourth-order valence-corrected chi connectivity index (χ4v) is 2.87. The molecule has 0 unspecified atom stereocenters. The van der Waals surface area contributed by atoms with Crippen molar-refractivity contribution in [3.8, 4) is 17.2 Å². The number of rotatable bonds is 5. The van der Waals surface area contributed by atoms with Crippen molar-refractivity contribution in [2.45, 2.75) is 6.54 Å². The van der Waals surface area contributed by atoms with E-state index in [1.54, 1.807) is 13.2 Å². The Labute approximate surface area is 145 Å². The Kier molecular flexibility index (Phi) is 5.93. The second kappa shape index (κ2) is 7.49. The first kappa shape index (κ1) is 16.6. The lowest BCUT2D eigenvalue weighted by Gasteiger charge is -2.14. The van der Waals surface area contributed by atoms with Crippen molar-refractivity contribution in [2.75, 3.05) is 14.2 Å². The molecular formula is C15H14Br2ClNO2. The van der Waals surface area contributed by atoms with Gasteiger partial charge in [0.1, 0.15) is 17.2 Å². The topological polar surface area (TPSA) is 30.5 Å². The third-order valence-corrected chi connectivity index (χ3v) is 4.30. The molecule has 0 saturated heterocycles. The molecule has 0 radical (unpaired) electrons. The molecule has 0 fully saturated rings. The monoisotopic (exact) mass is 433 g/mol. The average Bonchev–Trinajstić information content (AvgIpc) is 2.45. The summed E-state index contributed by atoms with van der Waals surface area (Å²) in [5.74, 6) is 2.13. The second-order valence-electron chi connectivity index (χ2n) is 4.30. The molecule has 0 aliphatic carbocycles. The van der Waals surface area contributed by atoms with Gasteiger partial charge in [0, 0.05) is 17.1 Å². The molecule has 21 heavy (non-hydrogen) atoms. The van der Waals surface area contributed by atoms with Gasteiger partial charge in [-0.2, -0.15) is 0 Å². The lowest BCUT2D eigenvalue weighted by Crippen LogP contribution is -2.06. The van der Waals surface area contributed by atoms with Gasteiger partial charge in [-0.15, -0.1) is 0 Å². The maximum absolute atomic E-state index is 6.06. The van der Waals surface area contributed by atoms with Crippen LogP contribution in [-0.2, 0) is 6.54 Å². The minimum atomic E-state index is 0.633. The predicted molar refractivity (Wildman–Crippen MR) is 92.7 cm³/mol. The van der Waals surface area contributed by atoms with Crippen LogP contribution in [0.1, 0.15) is 5.56 Å². The van der Waals surface area contributed by atoms with E-state index in [1.165, 1.54) is 0 Å². The third kappa shape index (κ3) is 4.13. The molecule has 0 amide bonds. The Balaban J connectivity index is 2.38. The maximum atomic E-state index is 6.06. The van der Waals surface area contributed by atoms with Gasteiger partial charge in [-0.05, 0) is 63.2 Å². The molecule has 0 spiro atoms. The van der Waals surface area contributed by atoms with Crippen LogP contribution in [0.2, 0.25) is 5.02 Å². The lowest BCUT2D eigenvalue weighted by molar-refractivity contribution is 0.409. The van der Waals surface area contributed by atoms with Gasteiger partial charge in [-0.3, -0.25) is 0 Å². The summed E-state index contributed by atoms with van der Waals surface area (Å²) in [6.07, 6.45) is 0. The zero-order valence-electron chi connectivity index (χ0n) is 11.5. The normalized spacial score (nSPS) is 10.5. The maximum Gasteiger partial charge on any atom is 0.143 e. The molecule has 2 aromatic rings. The third-order valence-electron chi connectivity index (χ3n) is 2.82. The van der Waals surface area contributed by atoms with Crippen LogP contribution in [0.5, 0.6) is 17.2 Å². The smallest absolute Gasteiger partial charge is 0.143 e. The van der Waals surface area contributed by atoms with E-state index < -0.39 is 0 Å². The highest BCUT2D eigenvalue weighted by atomic mass is 79.9. The largest absolute Gasteiger partial charge is 0.496 e. The average molecular weight is 436 g/mol. The van der Waals surface area contributed by atoms with Gasteiger partial charge in [-0.1, -0.05) is 17.7 Å². The number of halogens is 3. The molecule has 0 heterocycles. The summed E-state index contributed by atoms with van der Waals surface area (Å²) < 4.78 is 12.9.